The Kier molecular flexibility index (Phi) is 4.22. The second-order valence-electron chi connectivity index (χ2n) is 5.46. The molecule has 8 heteroatoms. The van der Waals surface area contributed by atoms with E-state index in [0.29, 0.717) is 17.3 Å². The summed E-state index contributed by atoms with van der Waals surface area (Å²) in [5, 5.41) is 16.8. The summed E-state index contributed by atoms with van der Waals surface area (Å²) in [4.78, 5) is 8.58. The molecule has 118 valence electrons. The Morgan fingerprint density at radius 1 is 1.09 bits per heavy atom. The van der Waals surface area contributed by atoms with Gasteiger partial charge in [0.25, 0.3) is 0 Å². The van der Waals surface area contributed by atoms with Crippen molar-refractivity contribution < 1.29 is 4.39 Å². The van der Waals surface area contributed by atoms with Crippen LogP contribution < -0.4 is 5.32 Å². The van der Waals surface area contributed by atoms with Gasteiger partial charge in [0.05, 0.1) is 11.6 Å². The molecule has 0 amide bonds. The Bertz CT molecular complexity index is 739. The summed E-state index contributed by atoms with van der Waals surface area (Å²) in [5.74, 6) is 1.03. The SMILES string of the molecule is CC(C)C(Nc1ncc(-c2nnn[nH]2)cn1)c1ccc(F)cc1. The predicted octanol–water partition coefficient (Wildman–Crippen LogP) is 2.61. The summed E-state index contributed by atoms with van der Waals surface area (Å²) in [6.45, 7) is 4.16. The third-order valence-corrected chi connectivity index (χ3v) is 3.45. The van der Waals surface area contributed by atoms with Gasteiger partial charge in [-0.05, 0) is 34.0 Å². The topological polar surface area (TPSA) is 92.3 Å². The summed E-state index contributed by atoms with van der Waals surface area (Å²) < 4.78 is 13.1. The number of H-pyrrole nitrogens is 1. The van der Waals surface area contributed by atoms with Gasteiger partial charge in [-0.25, -0.2) is 19.5 Å². The monoisotopic (exact) mass is 313 g/mol. The Balaban J connectivity index is 1.79. The molecule has 0 aliphatic heterocycles. The van der Waals surface area contributed by atoms with E-state index in [4.69, 9.17) is 0 Å². The first-order valence-electron chi connectivity index (χ1n) is 7.21. The fourth-order valence-electron chi connectivity index (χ4n) is 2.25. The van der Waals surface area contributed by atoms with E-state index < -0.39 is 0 Å². The maximum absolute atomic E-state index is 13.1. The van der Waals surface area contributed by atoms with E-state index in [0.717, 1.165) is 5.56 Å². The van der Waals surface area contributed by atoms with E-state index in [1.165, 1.54) is 12.1 Å². The number of nitrogens with zero attached hydrogens (tertiary/aromatic N) is 5. The van der Waals surface area contributed by atoms with Crippen molar-refractivity contribution >= 4 is 5.95 Å². The molecule has 0 bridgehead atoms. The van der Waals surface area contributed by atoms with Gasteiger partial charge in [0, 0.05) is 12.4 Å². The van der Waals surface area contributed by atoms with Crippen molar-refractivity contribution in [3.63, 3.8) is 0 Å². The molecule has 0 spiro atoms. The number of aromatic amines is 1. The molecule has 0 aliphatic carbocycles. The molecule has 0 saturated carbocycles. The fourth-order valence-corrected chi connectivity index (χ4v) is 2.25. The largest absolute Gasteiger partial charge is 0.347 e. The normalized spacial score (nSPS) is 12.3. The van der Waals surface area contributed by atoms with Crippen LogP contribution in [0.1, 0.15) is 25.5 Å². The van der Waals surface area contributed by atoms with Crippen LogP contribution in [0.25, 0.3) is 11.4 Å². The van der Waals surface area contributed by atoms with Gasteiger partial charge < -0.3 is 5.32 Å². The van der Waals surface area contributed by atoms with Gasteiger partial charge >= 0.3 is 0 Å². The molecule has 7 nitrogen and oxygen atoms in total. The van der Waals surface area contributed by atoms with Gasteiger partial charge in [-0.2, -0.15) is 0 Å². The van der Waals surface area contributed by atoms with Crippen LogP contribution in [0.15, 0.2) is 36.7 Å². The van der Waals surface area contributed by atoms with Gasteiger partial charge in [-0.3, -0.25) is 0 Å². The quantitative estimate of drug-likeness (QED) is 0.752. The van der Waals surface area contributed by atoms with Crippen LogP contribution in [0.4, 0.5) is 10.3 Å². The lowest BCUT2D eigenvalue weighted by molar-refractivity contribution is 0.541. The highest BCUT2D eigenvalue weighted by Crippen LogP contribution is 2.25. The Hall–Kier alpha value is -2.90. The van der Waals surface area contributed by atoms with Crippen LogP contribution in [-0.2, 0) is 0 Å². The van der Waals surface area contributed by atoms with Crippen LogP contribution in [0.3, 0.4) is 0 Å². The number of nitrogens with one attached hydrogen (secondary N) is 2. The van der Waals surface area contributed by atoms with Crippen molar-refractivity contribution in [3.05, 3.63) is 48.0 Å². The number of hydrogen-bond acceptors (Lipinski definition) is 6. The molecular formula is C15H16FN7. The molecule has 23 heavy (non-hydrogen) atoms. The van der Waals surface area contributed by atoms with E-state index in [2.05, 4.69) is 49.8 Å². The lowest BCUT2D eigenvalue weighted by atomic mass is 9.96. The summed E-state index contributed by atoms with van der Waals surface area (Å²) in [6, 6.07) is 6.41. The molecule has 0 fully saturated rings. The maximum atomic E-state index is 13.1. The van der Waals surface area contributed by atoms with Gasteiger partial charge in [0.2, 0.25) is 5.95 Å². The second kappa shape index (κ2) is 6.47. The molecule has 1 atom stereocenters. The van der Waals surface area contributed by atoms with E-state index in [1.54, 1.807) is 24.5 Å². The van der Waals surface area contributed by atoms with Crippen LogP contribution in [0.5, 0.6) is 0 Å². The number of tetrazole rings is 1. The number of rotatable bonds is 5. The van der Waals surface area contributed by atoms with Crippen molar-refractivity contribution in [2.45, 2.75) is 19.9 Å². The third kappa shape index (κ3) is 3.47. The molecule has 2 heterocycles. The molecule has 1 unspecified atom stereocenters. The zero-order valence-corrected chi connectivity index (χ0v) is 12.7. The van der Waals surface area contributed by atoms with Crippen molar-refractivity contribution in [1.82, 2.24) is 30.6 Å². The van der Waals surface area contributed by atoms with Gasteiger partial charge in [0.15, 0.2) is 5.82 Å². The number of halogens is 1. The van der Waals surface area contributed by atoms with Gasteiger partial charge in [0.1, 0.15) is 5.82 Å². The molecule has 0 saturated heterocycles. The lowest BCUT2D eigenvalue weighted by Crippen LogP contribution is -2.18. The molecule has 0 radical (unpaired) electrons. The molecule has 1 aromatic carbocycles. The summed E-state index contributed by atoms with van der Waals surface area (Å²) in [5.41, 5.74) is 1.68. The smallest absolute Gasteiger partial charge is 0.223 e. The summed E-state index contributed by atoms with van der Waals surface area (Å²) in [7, 11) is 0. The second-order valence-corrected chi connectivity index (χ2v) is 5.46. The summed E-state index contributed by atoms with van der Waals surface area (Å²) >= 11 is 0. The standard InChI is InChI=1S/C15H16FN7/c1-9(2)13(10-3-5-12(16)6-4-10)19-15-17-7-11(8-18-15)14-20-22-23-21-14/h3-9,13H,1-2H3,(H,17,18,19)(H,20,21,22,23). The maximum Gasteiger partial charge on any atom is 0.223 e. The first kappa shape index (κ1) is 15.0. The fraction of sp³-hybridized carbons (Fsp3) is 0.267. The average molecular weight is 313 g/mol. The summed E-state index contributed by atoms with van der Waals surface area (Å²) in [6.07, 6.45) is 3.28. The molecular weight excluding hydrogens is 297 g/mol. The van der Waals surface area contributed by atoms with Crippen LogP contribution in [0, 0.1) is 11.7 Å². The molecule has 3 aromatic rings. The molecule has 2 aromatic heterocycles. The highest BCUT2D eigenvalue weighted by Gasteiger charge is 2.17. The van der Waals surface area contributed by atoms with E-state index >= 15 is 0 Å². The lowest BCUT2D eigenvalue weighted by Gasteiger charge is -2.22. The van der Waals surface area contributed by atoms with Crippen LogP contribution in [-0.4, -0.2) is 30.6 Å². The number of aromatic nitrogens is 6. The number of benzene rings is 1. The van der Waals surface area contributed by atoms with Crippen LogP contribution in [0.2, 0.25) is 0 Å². The minimum Gasteiger partial charge on any atom is -0.347 e. The van der Waals surface area contributed by atoms with Crippen LogP contribution >= 0.6 is 0 Å². The number of anilines is 1. The molecule has 2 N–H and O–H groups in total. The van der Waals surface area contributed by atoms with Crippen molar-refractivity contribution in [1.29, 1.82) is 0 Å². The van der Waals surface area contributed by atoms with Gasteiger partial charge in [-0.15, -0.1) is 5.10 Å². The first-order chi connectivity index (χ1) is 11.1. The van der Waals surface area contributed by atoms with Crippen molar-refractivity contribution in [2.24, 2.45) is 5.92 Å². The van der Waals surface area contributed by atoms with Crippen molar-refractivity contribution in [2.75, 3.05) is 5.32 Å². The van der Waals surface area contributed by atoms with E-state index in [-0.39, 0.29) is 17.8 Å². The number of hydrogen-bond donors (Lipinski definition) is 2. The Morgan fingerprint density at radius 3 is 2.35 bits per heavy atom. The minimum absolute atomic E-state index is 0.0200. The van der Waals surface area contributed by atoms with E-state index in [9.17, 15) is 4.39 Å². The Morgan fingerprint density at radius 2 is 1.78 bits per heavy atom. The highest BCUT2D eigenvalue weighted by molar-refractivity contribution is 5.51. The average Bonchev–Trinajstić information content (AvgIpc) is 3.08. The molecule has 0 aliphatic rings. The van der Waals surface area contributed by atoms with Gasteiger partial charge in [-0.1, -0.05) is 26.0 Å². The zero-order chi connectivity index (χ0) is 16.2. The molecule has 3 rings (SSSR count). The minimum atomic E-state index is -0.252. The predicted molar refractivity (Wildman–Crippen MR) is 82.8 cm³/mol. The Labute approximate surface area is 132 Å². The first-order valence-corrected chi connectivity index (χ1v) is 7.21. The van der Waals surface area contributed by atoms with E-state index in [1.807, 2.05) is 0 Å². The highest BCUT2D eigenvalue weighted by atomic mass is 19.1. The van der Waals surface area contributed by atoms with Crippen molar-refractivity contribution in [3.8, 4) is 11.4 Å². The zero-order valence-electron chi connectivity index (χ0n) is 12.7. The third-order valence-electron chi connectivity index (χ3n) is 3.45.